The number of carboxylic acids is 1. The van der Waals surface area contributed by atoms with Gasteiger partial charge < -0.3 is 5.11 Å². The maximum absolute atomic E-state index is 10.9. The molecule has 3 nitrogen and oxygen atoms in total. The van der Waals surface area contributed by atoms with E-state index in [0.717, 1.165) is 13.1 Å². The van der Waals surface area contributed by atoms with Crippen LogP contribution in [-0.4, -0.2) is 35.1 Å². The van der Waals surface area contributed by atoms with Crippen molar-refractivity contribution in [1.82, 2.24) is 4.90 Å². The van der Waals surface area contributed by atoms with Crippen molar-refractivity contribution in [3.05, 3.63) is 0 Å². The van der Waals surface area contributed by atoms with Gasteiger partial charge in [0.1, 0.15) is 6.04 Å². The van der Waals surface area contributed by atoms with E-state index in [1.807, 2.05) is 32.6 Å². The highest BCUT2D eigenvalue weighted by Crippen LogP contribution is 2.10. The number of carboxylic acid groups (broad SMARTS) is 1. The molecular formula is C9H20ClNO2. The SMILES string of the molecule is CCN(CC)C(C(=O)O)C(C)C.Cl. The molecule has 0 amide bonds. The van der Waals surface area contributed by atoms with Gasteiger partial charge in [0, 0.05) is 0 Å². The number of likely N-dealkylation sites (N-methyl/N-ethyl adjacent to an activating group) is 1. The van der Waals surface area contributed by atoms with E-state index in [4.69, 9.17) is 5.11 Å². The molecule has 1 N–H and O–H groups in total. The van der Waals surface area contributed by atoms with Crippen LogP contribution in [0.3, 0.4) is 0 Å². The number of halogens is 1. The third-order valence-electron chi connectivity index (χ3n) is 2.09. The first-order chi connectivity index (χ1) is 5.54. The fraction of sp³-hybridized carbons (Fsp3) is 0.889. The van der Waals surface area contributed by atoms with Gasteiger partial charge in [-0.05, 0) is 19.0 Å². The topological polar surface area (TPSA) is 40.5 Å². The largest absolute Gasteiger partial charge is 0.480 e. The molecule has 0 radical (unpaired) electrons. The summed E-state index contributed by atoms with van der Waals surface area (Å²) in [5.41, 5.74) is 0. The molecule has 0 aromatic heterocycles. The summed E-state index contributed by atoms with van der Waals surface area (Å²) in [6.07, 6.45) is 0. The molecule has 4 heteroatoms. The summed E-state index contributed by atoms with van der Waals surface area (Å²) < 4.78 is 0. The smallest absolute Gasteiger partial charge is 0.321 e. The standard InChI is InChI=1S/C9H19NO2.ClH/c1-5-10(6-2)8(7(3)4)9(11)12;/h7-8H,5-6H2,1-4H3,(H,11,12);1H. The summed E-state index contributed by atoms with van der Waals surface area (Å²) in [6.45, 7) is 9.45. The fourth-order valence-electron chi connectivity index (χ4n) is 1.48. The van der Waals surface area contributed by atoms with Crippen LogP contribution in [0.2, 0.25) is 0 Å². The van der Waals surface area contributed by atoms with E-state index in [1.54, 1.807) is 0 Å². The van der Waals surface area contributed by atoms with Crippen LogP contribution in [0.15, 0.2) is 0 Å². The Labute approximate surface area is 86.5 Å². The van der Waals surface area contributed by atoms with Crippen molar-refractivity contribution in [3.8, 4) is 0 Å². The average Bonchev–Trinajstić information content (AvgIpc) is 1.98. The maximum atomic E-state index is 10.9. The second kappa shape index (κ2) is 7.15. The third-order valence-corrected chi connectivity index (χ3v) is 2.09. The highest BCUT2D eigenvalue weighted by molar-refractivity contribution is 5.85. The predicted octanol–water partition coefficient (Wildman–Crippen LogP) is 1.86. The number of hydrogen-bond donors (Lipinski definition) is 1. The molecule has 1 atom stereocenters. The van der Waals surface area contributed by atoms with Crippen molar-refractivity contribution >= 4 is 18.4 Å². The molecule has 0 aromatic rings. The van der Waals surface area contributed by atoms with Crippen molar-refractivity contribution in [1.29, 1.82) is 0 Å². The molecule has 0 aliphatic heterocycles. The third kappa shape index (κ3) is 4.48. The second-order valence-electron chi connectivity index (χ2n) is 3.25. The quantitative estimate of drug-likeness (QED) is 0.752. The fourth-order valence-corrected chi connectivity index (χ4v) is 1.48. The van der Waals surface area contributed by atoms with Gasteiger partial charge in [-0.1, -0.05) is 27.7 Å². The zero-order chi connectivity index (χ0) is 9.72. The van der Waals surface area contributed by atoms with E-state index in [9.17, 15) is 4.79 Å². The minimum absolute atomic E-state index is 0. The van der Waals surface area contributed by atoms with Gasteiger partial charge in [-0.15, -0.1) is 12.4 Å². The maximum Gasteiger partial charge on any atom is 0.321 e. The van der Waals surface area contributed by atoms with E-state index in [1.165, 1.54) is 0 Å². The molecule has 0 aromatic carbocycles. The minimum Gasteiger partial charge on any atom is -0.480 e. The average molecular weight is 210 g/mol. The van der Waals surface area contributed by atoms with Crippen molar-refractivity contribution in [2.45, 2.75) is 33.7 Å². The minimum atomic E-state index is -0.714. The lowest BCUT2D eigenvalue weighted by Gasteiger charge is -2.28. The highest BCUT2D eigenvalue weighted by Gasteiger charge is 2.26. The molecule has 0 rings (SSSR count). The Balaban J connectivity index is 0. The lowest BCUT2D eigenvalue weighted by atomic mass is 10.0. The second-order valence-corrected chi connectivity index (χ2v) is 3.25. The Hall–Kier alpha value is -0.280. The number of rotatable bonds is 5. The van der Waals surface area contributed by atoms with Gasteiger partial charge in [0.2, 0.25) is 0 Å². The number of hydrogen-bond acceptors (Lipinski definition) is 2. The highest BCUT2D eigenvalue weighted by atomic mass is 35.5. The van der Waals surface area contributed by atoms with E-state index >= 15 is 0 Å². The monoisotopic (exact) mass is 209 g/mol. The molecule has 13 heavy (non-hydrogen) atoms. The van der Waals surface area contributed by atoms with Gasteiger partial charge >= 0.3 is 5.97 Å². The molecule has 0 saturated heterocycles. The summed E-state index contributed by atoms with van der Waals surface area (Å²) in [5, 5.41) is 8.93. The molecule has 1 unspecified atom stereocenters. The van der Waals surface area contributed by atoms with E-state index in [2.05, 4.69) is 0 Å². The molecule has 0 aliphatic rings. The lowest BCUT2D eigenvalue weighted by Crippen LogP contribution is -2.44. The molecule has 0 bridgehead atoms. The van der Waals surface area contributed by atoms with Crippen molar-refractivity contribution in [2.24, 2.45) is 5.92 Å². The van der Waals surface area contributed by atoms with Gasteiger partial charge in [0.25, 0.3) is 0 Å². The van der Waals surface area contributed by atoms with Crippen LogP contribution in [0.5, 0.6) is 0 Å². The first kappa shape index (κ1) is 15.2. The normalized spacial score (nSPS) is 12.8. The van der Waals surface area contributed by atoms with Crippen LogP contribution in [-0.2, 0) is 4.79 Å². The van der Waals surface area contributed by atoms with Gasteiger partial charge in [0.05, 0.1) is 0 Å². The van der Waals surface area contributed by atoms with Gasteiger partial charge in [0.15, 0.2) is 0 Å². The van der Waals surface area contributed by atoms with Crippen LogP contribution in [0, 0.1) is 5.92 Å². The van der Waals surface area contributed by atoms with E-state index in [-0.39, 0.29) is 24.4 Å². The van der Waals surface area contributed by atoms with Crippen molar-refractivity contribution in [2.75, 3.05) is 13.1 Å². The predicted molar refractivity (Wildman–Crippen MR) is 56.4 cm³/mol. The Kier molecular flexibility index (Phi) is 8.37. The Morgan fingerprint density at radius 3 is 1.77 bits per heavy atom. The zero-order valence-electron chi connectivity index (χ0n) is 8.78. The molecule has 0 spiro atoms. The Morgan fingerprint density at radius 2 is 1.69 bits per heavy atom. The van der Waals surface area contributed by atoms with E-state index in [0.29, 0.717) is 0 Å². The van der Waals surface area contributed by atoms with Crippen LogP contribution in [0.25, 0.3) is 0 Å². The zero-order valence-corrected chi connectivity index (χ0v) is 9.60. The summed E-state index contributed by atoms with van der Waals surface area (Å²) in [6, 6.07) is -0.333. The van der Waals surface area contributed by atoms with E-state index < -0.39 is 5.97 Å². The summed E-state index contributed by atoms with van der Waals surface area (Å²) in [7, 11) is 0. The van der Waals surface area contributed by atoms with Crippen molar-refractivity contribution < 1.29 is 9.90 Å². The molecule has 0 saturated carbocycles. The number of carbonyl (C=O) groups is 1. The molecule has 80 valence electrons. The van der Waals surface area contributed by atoms with Gasteiger partial charge in [-0.2, -0.15) is 0 Å². The number of nitrogens with zero attached hydrogens (tertiary/aromatic N) is 1. The van der Waals surface area contributed by atoms with Crippen molar-refractivity contribution in [3.63, 3.8) is 0 Å². The van der Waals surface area contributed by atoms with Crippen LogP contribution in [0.4, 0.5) is 0 Å². The van der Waals surface area contributed by atoms with Crippen LogP contribution < -0.4 is 0 Å². The molecular weight excluding hydrogens is 190 g/mol. The van der Waals surface area contributed by atoms with Crippen LogP contribution >= 0.6 is 12.4 Å². The summed E-state index contributed by atoms with van der Waals surface area (Å²) in [5.74, 6) is -0.545. The molecule has 0 heterocycles. The Bertz CT molecular complexity index is 147. The van der Waals surface area contributed by atoms with Gasteiger partial charge in [-0.25, -0.2) is 0 Å². The summed E-state index contributed by atoms with van der Waals surface area (Å²) >= 11 is 0. The van der Waals surface area contributed by atoms with Crippen LogP contribution in [0.1, 0.15) is 27.7 Å². The molecule has 0 aliphatic carbocycles. The molecule has 0 fully saturated rings. The lowest BCUT2D eigenvalue weighted by molar-refractivity contribution is -0.144. The first-order valence-electron chi connectivity index (χ1n) is 4.51. The number of aliphatic carboxylic acids is 1. The van der Waals surface area contributed by atoms with Gasteiger partial charge in [-0.3, -0.25) is 9.69 Å². The Morgan fingerprint density at radius 1 is 1.31 bits per heavy atom. The first-order valence-corrected chi connectivity index (χ1v) is 4.51. The summed E-state index contributed by atoms with van der Waals surface area (Å²) in [4.78, 5) is 12.8.